The van der Waals surface area contributed by atoms with E-state index in [1.807, 2.05) is 30.0 Å². The second-order valence-electron chi connectivity index (χ2n) is 3.51. The van der Waals surface area contributed by atoms with Crippen molar-refractivity contribution >= 4 is 33.4 Å². The summed E-state index contributed by atoms with van der Waals surface area (Å²) in [7, 11) is 0. The van der Waals surface area contributed by atoms with Gasteiger partial charge in [-0.25, -0.2) is 0 Å². The number of thioether (sulfide) groups is 1. The van der Waals surface area contributed by atoms with Crippen molar-refractivity contribution in [1.82, 2.24) is 0 Å². The molecule has 0 aliphatic carbocycles. The van der Waals surface area contributed by atoms with Crippen LogP contribution in [0.2, 0.25) is 0 Å². The van der Waals surface area contributed by atoms with Crippen LogP contribution in [-0.2, 0) is 0 Å². The standard InChI is InChI=1S/C11H11BrN2S/c12-9-2-1-8(6-13)11(5-9)14-10-3-4-15-7-10/h1-2,5,10,14H,3-4,7H2. The number of benzene rings is 1. The third-order valence-electron chi connectivity index (χ3n) is 2.39. The Labute approximate surface area is 102 Å². The predicted molar refractivity (Wildman–Crippen MR) is 68.2 cm³/mol. The second-order valence-corrected chi connectivity index (χ2v) is 5.57. The quantitative estimate of drug-likeness (QED) is 0.905. The van der Waals surface area contributed by atoms with Gasteiger partial charge in [0.1, 0.15) is 6.07 Å². The average Bonchev–Trinajstić information content (AvgIpc) is 2.71. The van der Waals surface area contributed by atoms with Gasteiger partial charge in [-0.2, -0.15) is 17.0 Å². The van der Waals surface area contributed by atoms with E-state index in [1.54, 1.807) is 0 Å². The summed E-state index contributed by atoms with van der Waals surface area (Å²) in [6.45, 7) is 0. The molecule has 1 aromatic carbocycles. The van der Waals surface area contributed by atoms with E-state index >= 15 is 0 Å². The molecule has 4 heteroatoms. The van der Waals surface area contributed by atoms with Gasteiger partial charge in [-0.1, -0.05) is 15.9 Å². The first kappa shape index (κ1) is 10.8. The first-order valence-electron chi connectivity index (χ1n) is 4.83. The molecule has 0 radical (unpaired) electrons. The van der Waals surface area contributed by atoms with Crippen molar-refractivity contribution < 1.29 is 0 Å². The summed E-state index contributed by atoms with van der Waals surface area (Å²) in [5.74, 6) is 2.35. The molecule has 1 aromatic rings. The lowest BCUT2D eigenvalue weighted by Gasteiger charge is -2.14. The van der Waals surface area contributed by atoms with E-state index < -0.39 is 0 Å². The molecule has 1 saturated heterocycles. The predicted octanol–water partition coefficient (Wildman–Crippen LogP) is 3.24. The lowest BCUT2D eigenvalue weighted by Crippen LogP contribution is -2.18. The molecule has 2 nitrogen and oxygen atoms in total. The highest BCUT2D eigenvalue weighted by Gasteiger charge is 2.16. The van der Waals surface area contributed by atoms with Gasteiger partial charge in [0.25, 0.3) is 0 Å². The van der Waals surface area contributed by atoms with E-state index in [-0.39, 0.29) is 0 Å². The molecule has 0 bridgehead atoms. The summed E-state index contributed by atoms with van der Waals surface area (Å²) in [5, 5.41) is 12.4. The summed E-state index contributed by atoms with van der Waals surface area (Å²) < 4.78 is 1.01. The molecule has 1 fully saturated rings. The van der Waals surface area contributed by atoms with Crippen LogP contribution in [0.5, 0.6) is 0 Å². The molecule has 1 aliphatic heterocycles. The van der Waals surface area contributed by atoms with Crippen LogP contribution in [0.4, 0.5) is 5.69 Å². The molecule has 0 amide bonds. The van der Waals surface area contributed by atoms with E-state index in [0.29, 0.717) is 6.04 Å². The average molecular weight is 283 g/mol. The number of nitrogens with zero attached hydrogens (tertiary/aromatic N) is 1. The lowest BCUT2D eigenvalue weighted by molar-refractivity contribution is 0.812. The highest BCUT2D eigenvalue weighted by atomic mass is 79.9. The number of nitrogens with one attached hydrogen (secondary N) is 1. The van der Waals surface area contributed by atoms with Crippen LogP contribution >= 0.6 is 27.7 Å². The normalized spacial score (nSPS) is 19.9. The van der Waals surface area contributed by atoms with Crippen molar-refractivity contribution in [3.8, 4) is 6.07 Å². The Morgan fingerprint density at radius 2 is 2.40 bits per heavy atom. The molecule has 15 heavy (non-hydrogen) atoms. The Hall–Kier alpha value is -0.660. The largest absolute Gasteiger partial charge is 0.380 e. The smallest absolute Gasteiger partial charge is 0.101 e. The first-order valence-corrected chi connectivity index (χ1v) is 6.78. The molecule has 1 unspecified atom stereocenters. The summed E-state index contributed by atoms with van der Waals surface area (Å²) in [5.41, 5.74) is 1.66. The fourth-order valence-electron chi connectivity index (χ4n) is 1.60. The van der Waals surface area contributed by atoms with Gasteiger partial charge in [0, 0.05) is 16.3 Å². The maximum atomic E-state index is 8.97. The van der Waals surface area contributed by atoms with Gasteiger partial charge < -0.3 is 5.32 Å². The van der Waals surface area contributed by atoms with Crippen LogP contribution in [0.25, 0.3) is 0 Å². The molecule has 1 atom stereocenters. The SMILES string of the molecule is N#Cc1ccc(Br)cc1NC1CCSC1. The van der Waals surface area contributed by atoms with E-state index in [2.05, 4.69) is 27.3 Å². The van der Waals surface area contributed by atoms with E-state index in [4.69, 9.17) is 5.26 Å². The van der Waals surface area contributed by atoms with E-state index in [1.165, 1.54) is 12.2 Å². The fourth-order valence-corrected chi connectivity index (χ4v) is 3.12. The van der Waals surface area contributed by atoms with Gasteiger partial charge in [-0.15, -0.1) is 0 Å². The number of rotatable bonds is 2. The number of halogens is 1. The van der Waals surface area contributed by atoms with Crippen molar-refractivity contribution in [2.45, 2.75) is 12.5 Å². The van der Waals surface area contributed by atoms with Crippen molar-refractivity contribution in [2.75, 3.05) is 16.8 Å². The summed E-state index contributed by atoms with van der Waals surface area (Å²) in [6.07, 6.45) is 1.18. The number of hydrogen-bond acceptors (Lipinski definition) is 3. The minimum Gasteiger partial charge on any atom is -0.380 e. The molecular weight excluding hydrogens is 272 g/mol. The molecule has 1 aliphatic rings. The maximum Gasteiger partial charge on any atom is 0.101 e. The third-order valence-corrected chi connectivity index (χ3v) is 4.05. The molecule has 2 rings (SSSR count). The van der Waals surface area contributed by atoms with Gasteiger partial charge in [0.05, 0.1) is 11.3 Å². The topological polar surface area (TPSA) is 35.8 Å². The van der Waals surface area contributed by atoms with Crippen molar-refractivity contribution in [1.29, 1.82) is 5.26 Å². The zero-order valence-corrected chi connectivity index (χ0v) is 10.6. The Morgan fingerprint density at radius 1 is 1.53 bits per heavy atom. The summed E-state index contributed by atoms with van der Waals surface area (Å²) in [4.78, 5) is 0. The van der Waals surface area contributed by atoms with Crippen LogP contribution in [0.15, 0.2) is 22.7 Å². The number of hydrogen-bond donors (Lipinski definition) is 1. The highest BCUT2D eigenvalue weighted by Crippen LogP contribution is 2.25. The molecule has 0 aromatic heterocycles. The Balaban J connectivity index is 2.18. The van der Waals surface area contributed by atoms with Gasteiger partial charge in [0.2, 0.25) is 0 Å². The van der Waals surface area contributed by atoms with E-state index in [0.717, 1.165) is 21.5 Å². The Bertz CT molecular complexity index is 394. The van der Waals surface area contributed by atoms with Crippen LogP contribution < -0.4 is 5.32 Å². The molecular formula is C11H11BrN2S. The molecule has 1 N–H and O–H groups in total. The Morgan fingerprint density at radius 3 is 3.07 bits per heavy atom. The lowest BCUT2D eigenvalue weighted by atomic mass is 10.1. The molecule has 0 saturated carbocycles. The van der Waals surface area contributed by atoms with Gasteiger partial charge >= 0.3 is 0 Å². The van der Waals surface area contributed by atoms with Gasteiger partial charge in [-0.05, 0) is 30.4 Å². The van der Waals surface area contributed by atoms with Crippen LogP contribution in [0.3, 0.4) is 0 Å². The monoisotopic (exact) mass is 282 g/mol. The third kappa shape index (κ3) is 2.67. The maximum absolute atomic E-state index is 8.97. The fraction of sp³-hybridized carbons (Fsp3) is 0.364. The zero-order valence-electron chi connectivity index (χ0n) is 8.16. The molecule has 78 valence electrons. The minimum absolute atomic E-state index is 0.511. The van der Waals surface area contributed by atoms with E-state index in [9.17, 15) is 0 Å². The van der Waals surface area contributed by atoms with Gasteiger partial charge in [-0.3, -0.25) is 0 Å². The van der Waals surface area contributed by atoms with Crippen LogP contribution in [0, 0.1) is 11.3 Å². The van der Waals surface area contributed by atoms with Crippen LogP contribution in [0.1, 0.15) is 12.0 Å². The zero-order chi connectivity index (χ0) is 10.7. The minimum atomic E-state index is 0.511. The molecule has 1 heterocycles. The van der Waals surface area contributed by atoms with Crippen molar-refractivity contribution in [3.05, 3.63) is 28.2 Å². The second kappa shape index (κ2) is 4.91. The Kier molecular flexibility index (Phi) is 3.55. The first-order chi connectivity index (χ1) is 7.29. The van der Waals surface area contributed by atoms with Gasteiger partial charge in [0.15, 0.2) is 0 Å². The van der Waals surface area contributed by atoms with Crippen molar-refractivity contribution in [2.24, 2.45) is 0 Å². The summed E-state index contributed by atoms with van der Waals surface area (Å²) in [6, 6.07) is 8.43. The number of anilines is 1. The van der Waals surface area contributed by atoms with Crippen molar-refractivity contribution in [3.63, 3.8) is 0 Å². The summed E-state index contributed by atoms with van der Waals surface area (Å²) >= 11 is 5.38. The molecule has 0 spiro atoms. The number of nitriles is 1. The highest BCUT2D eigenvalue weighted by molar-refractivity contribution is 9.10. The van der Waals surface area contributed by atoms with Crippen LogP contribution in [-0.4, -0.2) is 17.5 Å².